The van der Waals surface area contributed by atoms with E-state index in [-0.39, 0.29) is 12.0 Å². The van der Waals surface area contributed by atoms with Crippen LogP contribution in [-0.2, 0) is 18.9 Å². The molecule has 148 valence electrons. The van der Waals surface area contributed by atoms with Gasteiger partial charge in [-0.1, -0.05) is 48.8 Å². The summed E-state index contributed by atoms with van der Waals surface area (Å²) >= 11 is 0. The van der Waals surface area contributed by atoms with Crippen molar-refractivity contribution in [3.63, 3.8) is 0 Å². The van der Waals surface area contributed by atoms with Crippen LogP contribution in [0.1, 0.15) is 38.0 Å². The Labute approximate surface area is 159 Å². The predicted octanol–water partition coefficient (Wildman–Crippen LogP) is 3.32. The van der Waals surface area contributed by atoms with Crippen LogP contribution in [0.25, 0.3) is 10.4 Å². The number of rotatable bonds is 8. The Balaban J connectivity index is 1.47. The van der Waals surface area contributed by atoms with Crippen LogP contribution in [0.4, 0.5) is 0 Å². The first-order chi connectivity index (χ1) is 13.2. The number of nitrogens with zero attached hydrogens (tertiary/aromatic N) is 3. The number of fused-ring (bicyclic) bond motifs is 1. The maximum absolute atomic E-state index is 10.7. The third-order valence-electron chi connectivity index (χ3n) is 4.99. The summed E-state index contributed by atoms with van der Waals surface area (Å²) in [7, 11) is 0. The van der Waals surface area contributed by atoms with Crippen LogP contribution in [-0.4, -0.2) is 49.5 Å². The second-order valence-corrected chi connectivity index (χ2v) is 6.96. The van der Waals surface area contributed by atoms with Crippen molar-refractivity contribution in [1.29, 1.82) is 0 Å². The fraction of sp³-hybridized carbons (Fsp3) is 0.684. The zero-order valence-electron chi connectivity index (χ0n) is 15.5. The first-order valence-electron chi connectivity index (χ1n) is 9.48. The molecule has 1 aromatic carbocycles. The highest BCUT2D eigenvalue weighted by Gasteiger charge is 2.47. The highest BCUT2D eigenvalue weighted by molar-refractivity contribution is 5.16. The smallest absolute Gasteiger partial charge is 0.184 e. The molecule has 8 nitrogen and oxygen atoms in total. The molecule has 2 aliphatic heterocycles. The lowest BCUT2D eigenvalue weighted by Gasteiger charge is -2.47. The second kappa shape index (κ2) is 10.0. The van der Waals surface area contributed by atoms with Gasteiger partial charge in [-0.25, -0.2) is 0 Å². The normalized spacial score (nSPS) is 33.1. The van der Waals surface area contributed by atoms with Gasteiger partial charge in [-0.05, 0) is 18.4 Å². The second-order valence-electron chi connectivity index (χ2n) is 6.96. The molecule has 6 unspecified atom stereocenters. The van der Waals surface area contributed by atoms with Crippen molar-refractivity contribution in [2.45, 2.75) is 57.1 Å². The topological polar surface area (TPSA) is 106 Å². The van der Waals surface area contributed by atoms with Crippen molar-refractivity contribution in [2.75, 3.05) is 19.8 Å². The van der Waals surface area contributed by atoms with Gasteiger partial charge < -0.3 is 24.1 Å². The summed E-state index contributed by atoms with van der Waals surface area (Å²) in [6.07, 6.45) is 0.137. The van der Waals surface area contributed by atoms with Crippen molar-refractivity contribution in [3.8, 4) is 0 Å². The van der Waals surface area contributed by atoms with E-state index in [1.807, 2.05) is 37.3 Å². The van der Waals surface area contributed by atoms with Gasteiger partial charge in [0.05, 0.1) is 12.7 Å². The van der Waals surface area contributed by atoms with Gasteiger partial charge in [-0.3, -0.25) is 0 Å². The van der Waals surface area contributed by atoms with E-state index in [1.165, 1.54) is 0 Å². The lowest BCUT2D eigenvalue weighted by molar-refractivity contribution is -0.351. The number of hydrogen-bond acceptors (Lipinski definition) is 6. The van der Waals surface area contributed by atoms with Crippen molar-refractivity contribution in [2.24, 2.45) is 11.0 Å². The van der Waals surface area contributed by atoms with Crippen LogP contribution >= 0.6 is 0 Å². The fourth-order valence-electron chi connectivity index (χ4n) is 3.40. The molecule has 2 aliphatic rings. The predicted molar refractivity (Wildman–Crippen MR) is 97.7 cm³/mol. The monoisotopic (exact) mass is 377 g/mol. The van der Waals surface area contributed by atoms with Crippen LogP contribution in [0.3, 0.4) is 0 Å². The zero-order valence-corrected chi connectivity index (χ0v) is 15.5. The summed E-state index contributed by atoms with van der Waals surface area (Å²) in [6.45, 7) is 3.29. The van der Waals surface area contributed by atoms with Crippen LogP contribution in [0.2, 0.25) is 0 Å². The number of benzene rings is 1. The number of aliphatic hydroxyl groups excluding tert-OH is 1. The summed E-state index contributed by atoms with van der Waals surface area (Å²) in [6, 6.07) is 9.69. The maximum atomic E-state index is 10.7. The molecule has 0 spiro atoms. The van der Waals surface area contributed by atoms with E-state index in [0.717, 1.165) is 24.8 Å². The Morgan fingerprint density at radius 2 is 2.04 bits per heavy atom. The van der Waals surface area contributed by atoms with E-state index in [0.29, 0.717) is 19.8 Å². The lowest BCUT2D eigenvalue weighted by Crippen LogP contribution is -2.59. The molecule has 3 rings (SSSR count). The minimum atomic E-state index is -0.686. The fourth-order valence-corrected chi connectivity index (χ4v) is 3.40. The van der Waals surface area contributed by atoms with Gasteiger partial charge in [-0.15, -0.1) is 0 Å². The van der Waals surface area contributed by atoms with E-state index in [9.17, 15) is 5.11 Å². The zero-order chi connectivity index (χ0) is 19.1. The molecular weight excluding hydrogens is 350 g/mol. The van der Waals surface area contributed by atoms with E-state index in [4.69, 9.17) is 24.5 Å². The van der Waals surface area contributed by atoms with Gasteiger partial charge in [0.15, 0.2) is 12.6 Å². The molecular formula is C19H27N3O5. The van der Waals surface area contributed by atoms with Gasteiger partial charge in [-0.2, -0.15) is 0 Å². The lowest BCUT2D eigenvalue weighted by atomic mass is 9.91. The molecule has 2 heterocycles. The number of aliphatic hydroxyl groups is 1. The first kappa shape index (κ1) is 20.1. The van der Waals surface area contributed by atoms with Gasteiger partial charge in [0, 0.05) is 29.5 Å². The minimum absolute atomic E-state index is 0.205. The van der Waals surface area contributed by atoms with Gasteiger partial charge in [0.25, 0.3) is 0 Å². The Morgan fingerprint density at radius 3 is 2.81 bits per heavy atom. The summed E-state index contributed by atoms with van der Waals surface area (Å²) in [5.74, 6) is -0.205. The third-order valence-corrected chi connectivity index (χ3v) is 4.99. The van der Waals surface area contributed by atoms with Crippen LogP contribution < -0.4 is 0 Å². The Hall–Kier alpha value is -1.67. The average molecular weight is 377 g/mol. The molecule has 1 N–H and O–H groups in total. The Kier molecular flexibility index (Phi) is 7.46. The quantitative estimate of drug-likeness (QED) is 0.324. The molecule has 0 amide bonds. The van der Waals surface area contributed by atoms with E-state index in [2.05, 4.69) is 10.0 Å². The average Bonchev–Trinajstić information content (AvgIpc) is 2.71. The molecule has 0 radical (unpaired) electrons. The van der Waals surface area contributed by atoms with Crippen molar-refractivity contribution >= 4 is 0 Å². The standard InChI is InChI=1S/C19H27N3O5/c1-13-16(23)17-15(12-25-19(27-17)14-8-4-2-5-9-14)26-18(13)24-11-7-3-6-10-21-22-20/h2,4-5,8-9,13,15-19,23H,3,6-7,10-12H2,1H3. The summed E-state index contributed by atoms with van der Waals surface area (Å²) < 4.78 is 23.6. The van der Waals surface area contributed by atoms with Crippen molar-refractivity contribution in [1.82, 2.24) is 0 Å². The summed E-state index contributed by atoms with van der Waals surface area (Å²) in [5.41, 5.74) is 9.17. The van der Waals surface area contributed by atoms with Crippen molar-refractivity contribution in [3.05, 3.63) is 46.3 Å². The van der Waals surface area contributed by atoms with Gasteiger partial charge >= 0.3 is 0 Å². The van der Waals surface area contributed by atoms with Crippen LogP contribution in [0, 0.1) is 5.92 Å². The molecule has 0 aliphatic carbocycles. The van der Waals surface area contributed by atoms with Gasteiger partial charge in [0.2, 0.25) is 0 Å². The largest absolute Gasteiger partial charge is 0.390 e. The molecule has 0 aromatic heterocycles. The molecule has 8 heteroatoms. The molecule has 0 bridgehead atoms. The highest BCUT2D eigenvalue weighted by atomic mass is 16.7. The molecule has 6 atom stereocenters. The SMILES string of the molecule is CC1C(OCCCCCN=[N+]=[N-])OC2COC(c3ccccc3)OC2C1O. The Bertz CT molecular complexity index is 623. The molecule has 0 saturated carbocycles. The van der Waals surface area contributed by atoms with Gasteiger partial charge in [0.1, 0.15) is 12.2 Å². The first-order valence-corrected chi connectivity index (χ1v) is 9.48. The van der Waals surface area contributed by atoms with E-state index >= 15 is 0 Å². The minimum Gasteiger partial charge on any atom is -0.390 e. The van der Waals surface area contributed by atoms with Crippen LogP contribution in [0.15, 0.2) is 35.4 Å². The maximum Gasteiger partial charge on any atom is 0.184 e. The summed E-state index contributed by atoms with van der Waals surface area (Å²) in [5, 5.41) is 14.2. The Morgan fingerprint density at radius 1 is 1.22 bits per heavy atom. The molecule has 1 aromatic rings. The number of azide groups is 1. The molecule has 2 fully saturated rings. The summed E-state index contributed by atoms with van der Waals surface area (Å²) in [4.78, 5) is 2.73. The van der Waals surface area contributed by atoms with E-state index < -0.39 is 24.8 Å². The molecule has 27 heavy (non-hydrogen) atoms. The van der Waals surface area contributed by atoms with E-state index in [1.54, 1.807) is 0 Å². The van der Waals surface area contributed by atoms with Crippen molar-refractivity contribution < 1.29 is 24.1 Å². The molecule has 2 saturated heterocycles. The number of hydrogen-bond donors (Lipinski definition) is 1. The third kappa shape index (κ3) is 5.19. The van der Waals surface area contributed by atoms with Crippen LogP contribution in [0.5, 0.6) is 0 Å². The number of ether oxygens (including phenoxy) is 4. The number of unbranched alkanes of at least 4 members (excludes halogenated alkanes) is 2. The highest BCUT2D eigenvalue weighted by Crippen LogP contribution is 2.36.